The van der Waals surface area contributed by atoms with Gasteiger partial charge in [0.05, 0.1) is 12.4 Å². The van der Waals surface area contributed by atoms with Crippen LogP contribution in [0.4, 0.5) is 16.3 Å². The molecule has 0 bridgehead atoms. The van der Waals surface area contributed by atoms with E-state index in [1.165, 1.54) is 17.3 Å². The summed E-state index contributed by atoms with van der Waals surface area (Å²) in [6.45, 7) is 0. The molecule has 0 spiro atoms. The van der Waals surface area contributed by atoms with Gasteiger partial charge in [-0.15, -0.1) is 0 Å². The summed E-state index contributed by atoms with van der Waals surface area (Å²) in [5, 5.41) is 2.52. The summed E-state index contributed by atoms with van der Waals surface area (Å²) in [4.78, 5) is 22.2. The fourth-order valence-corrected chi connectivity index (χ4v) is 4.78. The number of amides is 2. The molecule has 4 rings (SSSR count). The van der Waals surface area contributed by atoms with E-state index in [2.05, 4.69) is 26.1 Å². The van der Waals surface area contributed by atoms with Crippen molar-refractivity contribution in [1.29, 1.82) is 0 Å². The van der Waals surface area contributed by atoms with Crippen molar-refractivity contribution in [2.24, 2.45) is 0 Å². The minimum Gasteiger partial charge on any atom is -0.361 e. The average molecular weight is 401 g/mol. The third kappa shape index (κ3) is 3.42. The number of anilines is 2. The summed E-state index contributed by atoms with van der Waals surface area (Å²) in [7, 11) is -0.660. The molecule has 9 heteroatoms. The second-order valence-corrected chi connectivity index (χ2v) is 9.03. The Morgan fingerprint density at radius 1 is 1.04 bits per heavy atom. The minimum atomic E-state index is -4.13. The highest BCUT2D eigenvalue weighted by molar-refractivity contribution is 7.90. The first-order valence-electron chi connectivity index (χ1n) is 9.35. The van der Waals surface area contributed by atoms with Crippen molar-refractivity contribution in [2.75, 3.05) is 24.3 Å². The maximum absolute atomic E-state index is 12.6. The summed E-state index contributed by atoms with van der Waals surface area (Å²) >= 11 is 0. The van der Waals surface area contributed by atoms with Crippen LogP contribution >= 0.6 is 0 Å². The van der Waals surface area contributed by atoms with E-state index in [0.717, 1.165) is 61.5 Å². The van der Waals surface area contributed by atoms with Gasteiger partial charge in [-0.1, -0.05) is 6.07 Å². The number of fused-ring (bicyclic) bond motifs is 2. The van der Waals surface area contributed by atoms with E-state index < -0.39 is 16.1 Å². The summed E-state index contributed by atoms with van der Waals surface area (Å²) in [5.74, 6) is 0.391. The van der Waals surface area contributed by atoms with Crippen LogP contribution in [0.15, 0.2) is 23.5 Å². The number of urea groups is 1. The molecule has 2 amide bonds. The van der Waals surface area contributed by atoms with Gasteiger partial charge in [0.1, 0.15) is 5.82 Å². The van der Waals surface area contributed by atoms with Crippen LogP contribution in [0, 0.1) is 0 Å². The van der Waals surface area contributed by atoms with Crippen LogP contribution in [0.2, 0.25) is 0 Å². The van der Waals surface area contributed by atoms with Crippen LogP contribution in [0.1, 0.15) is 35.1 Å². The van der Waals surface area contributed by atoms with Gasteiger partial charge < -0.3 is 10.2 Å². The van der Waals surface area contributed by atoms with Crippen molar-refractivity contribution in [1.82, 2.24) is 14.7 Å². The quantitative estimate of drug-likeness (QED) is 0.812. The number of hydrogen-bond acceptors (Lipinski definition) is 6. The van der Waals surface area contributed by atoms with Gasteiger partial charge in [0.15, 0.2) is 5.03 Å². The molecule has 0 radical (unpaired) electrons. The first kappa shape index (κ1) is 18.7. The first-order chi connectivity index (χ1) is 13.3. The summed E-state index contributed by atoms with van der Waals surface area (Å²) in [6.07, 6.45) is 8.51. The molecule has 0 atom stereocenters. The standard InChI is InChI=1S/C19H23N5O3S/c1-24(2)16-10-20-11-17(21-16)28(26,27)23-19(25)22-18-14-7-3-5-12(14)9-13-6-4-8-15(13)18/h9-11H,3-8H2,1-2H3,(H2,22,23,25). The van der Waals surface area contributed by atoms with Crippen molar-refractivity contribution in [3.63, 3.8) is 0 Å². The lowest BCUT2D eigenvalue weighted by Crippen LogP contribution is -2.35. The van der Waals surface area contributed by atoms with E-state index in [0.29, 0.717) is 5.82 Å². The van der Waals surface area contributed by atoms with Crippen molar-refractivity contribution in [3.8, 4) is 0 Å². The predicted molar refractivity (Wildman–Crippen MR) is 106 cm³/mol. The van der Waals surface area contributed by atoms with Gasteiger partial charge in [0, 0.05) is 19.8 Å². The Labute approximate surface area is 164 Å². The normalized spacial score (nSPS) is 15.1. The smallest absolute Gasteiger partial charge is 0.333 e. The lowest BCUT2D eigenvalue weighted by molar-refractivity contribution is 0.256. The van der Waals surface area contributed by atoms with Gasteiger partial charge in [-0.25, -0.2) is 14.5 Å². The second-order valence-electron chi connectivity index (χ2n) is 7.40. The Kier molecular flexibility index (Phi) is 4.70. The maximum atomic E-state index is 12.6. The van der Waals surface area contributed by atoms with Crippen molar-refractivity contribution in [2.45, 2.75) is 43.6 Å². The summed E-state index contributed by atoms with van der Waals surface area (Å²) < 4.78 is 27.2. The zero-order chi connectivity index (χ0) is 19.9. The average Bonchev–Trinajstić information content (AvgIpc) is 3.30. The van der Waals surface area contributed by atoms with E-state index in [4.69, 9.17) is 0 Å². The molecule has 1 heterocycles. The van der Waals surface area contributed by atoms with Crippen molar-refractivity contribution in [3.05, 3.63) is 40.7 Å². The lowest BCUT2D eigenvalue weighted by Gasteiger charge is -2.17. The molecule has 1 aromatic heterocycles. The molecule has 0 aliphatic heterocycles. The molecule has 2 aliphatic rings. The summed E-state index contributed by atoms with van der Waals surface area (Å²) in [6, 6.07) is 1.48. The van der Waals surface area contributed by atoms with E-state index in [1.807, 2.05) is 0 Å². The molecule has 8 nitrogen and oxygen atoms in total. The Balaban J connectivity index is 1.58. The van der Waals surface area contributed by atoms with Gasteiger partial charge in [-0.3, -0.25) is 4.98 Å². The number of hydrogen-bond donors (Lipinski definition) is 2. The molecule has 148 valence electrons. The molecule has 0 unspecified atom stereocenters. The first-order valence-corrected chi connectivity index (χ1v) is 10.8. The predicted octanol–water partition coefficient (Wildman–Crippen LogP) is 2.03. The number of carbonyl (C=O) groups is 1. The number of benzene rings is 1. The molecule has 2 N–H and O–H groups in total. The van der Waals surface area contributed by atoms with Crippen LogP contribution in [0.25, 0.3) is 0 Å². The van der Waals surface area contributed by atoms with E-state index >= 15 is 0 Å². The molecule has 2 aromatic rings. The number of nitrogens with one attached hydrogen (secondary N) is 2. The Morgan fingerprint density at radius 2 is 1.68 bits per heavy atom. The van der Waals surface area contributed by atoms with E-state index in [-0.39, 0.29) is 5.03 Å². The maximum Gasteiger partial charge on any atom is 0.333 e. The molecular formula is C19H23N5O3S. The Hall–Kier alpha value is -2.68. The van der Waals surface area contributed by atoms with Crippen molar-refractivity contribution >= 4 is 27.6 Å². The molecular weight excluding hydrogens is 378 g/mol. The zero-order valence-electron chi connectivity index (χ0n) is 15.9. The number of carbonyl (C=O) groups excluding carboxylic acids is 1. The SMILES string of the molecule is CN(C)c1cncc(S(=O)(=O)NC(=O)Nc2c3c(cc4c2CCC4)CCC3)n1. The third-order valence-electron chi connectivity index (χ3n) is 5.27. The number of nitrogens with zero attached hydrogens (tertiary/aromatic N) is 3. The van der Waals surface area contributed by atoms with Crippen molar-refractivity contribution < 1.29 is 13.2 Å². The monoisotopic (exact) mass is 401 g/mol. The highest BCUT2D eigenvalue weighted by Gasteiger charge is 2.27. The van der Waals surface area contributed by atoms with Crippen LogP contribution in [-0.2, 0) is 35.7 Å². The van der Waals surface area contributed by atoms with Crippen LogP contribution in [-0.4, -0.2) is 38.5 Å². The van der Waals surface area contributed by atoms with Gasteiger partial charge in [-0.2, -0.15) is 8.42 Å². The minimum absolute atomic E-state index is 0.294. The number of rotatable bonds is 4. The topological polar surface area (TPSA) is 104 Å². The van der Waals surface area contributed by atoms with Crippen LogP contribution < -0.4 is 14.9 Å². The molecule has 0 saturated carbocycles. The van der Waals surface area contributed by atoms with Crippen LogP contribution in [0.5, 0.6) is 0 Å². The molecule has 0 saturated heterocycles. The highest BCUT2D eigenvalue weighted by atomic mass is 32.2. The van der Waals surface area contributed by atoms with Gasteiger partial charge in [-0.05, 0) is 60.8 Å². The Morgan fingerprint density at radius 3 is 2.29 bits per heavy atom. The molecule has 28 heavy (non-hydrogen) atoms. The lowest BCUT2D eigenvalue weighted by atomic mass is 9.99. The van der Waals surface area contributed by atoms with Gasteiger partial charge in [0.2, 0.25) is 0 Å². The molecule has 0 fully saturated rings. The van der Waals surface area contributed by atoms with Gasteiger partial charge in [0.25, 0.3) is 10.0 Å². The fraction of sp³-hybridized carbons (Fsp3) is 0.421. The number of sulfonamides is 1. The fourth-order valence-electron chi connectivity index (χ4n) is 3.96. The summed E-state index contributed by atoms with van der Waals surface area (Å²) in [5.41, 5.74) is 5.61. The zero-order valence-corrected chi connectivity index (χ0v) is 16.8. The highest BCUT2D eigenvalue weighted by Crippen LogP contribution is 2.38. The van der Waals surface area contributed by atoms with E-state index in [1.54, 1.807) is 19.0 Å². The molecule has 1 aromatic carbocycles. The van der Waals surface area contributed by atoms with E-state index in [9.17, 15) is 13.2 Å². The van der Waals surface area contributed by atoms with Gasteiger partial charge >= 0.3 is 6.03 Å². The largest absolute Gasteiger partial charge is 0.361 e. The number of aromatic nitrogens is 2. The Bertz CT molecular complexity index is 1020. The third-order valence-corrected chi connectivity index (χ3v) is 6.47. The second kappa shape index (κ2) is 7.05. The number of aryl methyl sites for hydroxylation is 2. The van der Waals surface area contributed by atoms with Crippen LogP contribution in [0.3, 0.4) is 0 Å². The molecule has 2 aliphatic carbocycles.